The highest BCUT2D eigenvalue weighted by molar-refractivity contribution is 5.95. The van der Waals surface area contributed by atoms with E-state index in [9.17, 15) is 9.90 Å². The topological polar surface area (TPSA) is 67.2 Å². The molecule has 1 atom stereocenters. The van der Waals surface area contributed by atoms with Crippen molar-refractivity contribution in [3.63, 3.8) is 0 Å². The molecule has 0 unspecified atom stereocenters. The van der Waals surface area contributed by atoms with Crippen LogP contribution in [-0.2, 0) is 13.0 Å². The molecule has 2 N–H and O–H groups in total. The van der Waals surface area contributed by atoms with E-state index in [1.165, 1.54) is 0 Å². The first-order chi connectivity index (χ1) is 9.20. The molecule has 0 bridgehead atoms. The number of hydrogen-bond acceptors (Lipinski definition) is 3. The van der Waals surface area contributed by atoms with Crippen molar-refractivity contribution in [3.05, 3.63) is 47.2 Å². The van der Waals surface area contributed by atoms with E-state index in [2.05, 4.69) is 10.4 Å². The molecule has 3 rings (SSSR count). The molecular formula is C14H15N3O2. The van der Waals surface area contributed by atoms with Crippen molar-refractivity contribution in [3.8, 4) is 0 Å². The summed E-state index contributed by atoms with van der Waals surface area (Å²) in [7, 11) is 0. The van der Waals surface area contributed by atoms with Gasteiger partial charge in [0, 0.05) is 0 Å². The van der Waals surface area contributed by atoms with Crippen molar-refractivity contribution >= 4 is 11.8 Å². The summed E-state index contributed by atoms with van der Waals surface area (Å²) < 4.78 is 1.76. The number of nitrogens with one attached hydrogen (secondary N) is 1. The summed E-state index contributed by atoms with van der Waals surface area (Å²) in [6.45, 7) is 2.58. The third-order valence-electron chi connectivity index (χ3n) is 3.44. The quantitative estimate of drug-likeness (QED) is 0.885. The number of benzene rings is 1. The predicted molar refractivity (Wildman–Crippen MR) is 71.4 cm³/mol. The van der Waals surface area contributed by atoms with Crippen LogP contribution < -0.4 is 5.32 Å². The van der Waals surface area contributed by atoms with Gasteiger partial charge < -0.3 is 10.4 Å². The van der Waals surface area contributed by atoms with Crippen molar-refractivity contribution < 1.29 is 9.90 Å². The van der Waals surface area contributed by atoms with Gasteiger partial charge in [0.1, 0.15) is 11.4 Å². The number of aromatic carboxylic acids is 1. The summed E-state index contributed by atoms with van der Waals surface area (Å²) in [4.78, 5) is 11.4. The Bertz CT molecular complexity index is 619. The Balaban J connectivity index is 1.95. The molecule has 1 aliphatic rings. The van der Waals surface area contributed by atoms with Gasteiger partial charge in [-0.05, 0) is 12.0 Å². The van der Waals surface area contributed by atoms with Gasteiger partial charge in [0.25, 0.3) is 0 Å². The highest BCUT2D eigenvalue weighted by atomic mass is 16.4. The molecule has 1 aromatic carbocycles. The fourth-order valence-electron chi connectivity index (χ4n) is 2.52. The average molecular weight is 257 g/mol. The lowest BCUT2D eigenvalue weighted by Crippen LogP contribution is -2.10. The number of fused-ring (bicyclic) bond motifs is 1. The van der Waals surface area contributed by atoms with Crippen LogP contribution in [0.3, 0.4) is 0 Å². The maximum absolute atomic E-state index is 11.4. The zero-order valence-corrected chi connectivity index (χ0v) is 10.6. The van der Waals surface area contributed by atoms with E-state index in [-0.39, 0.29) is 6.04 Å². The third kappa shape index (κ3) is 1.87. The lowest BCUT2D eigenvalue weighted by Gasteiger charge is -2.11. The zero-order chi connectivity index (χ0) is 13.4. The molecule has 98 valence electrons. The van der Waals surface area contributed by atoms with E-state index >= 15 is 0 Å². The Morgan fingerprint density at radius 2 is 2.21 bits per heavy atom. The van der Waals surface area contributed by atoms with Gasteiger partial charge in [0.2, 0.25) is 0 Å². The first-order valence-electron chi connectivity index (χ1n) is 6.35. The molecular weight excluding hydrogens is 242 g/mol. The fraction of sp³-hybridized carbons (Fsp3) is 0.286. The van der Waals surface area contributed by atoms with Gasteiger partial charge in [-0.25, -0.2) is 9.48 Å². The molecule has 0 aliphatic carbocycles. The molecule has 5 nitrogen and oxygen atoms in total. The molecule has 0 spiro atoms. The number of aromatic nitrogens is 2. The van der Waals surface area contributed by atoms with E-state index < -0.39 is 5.97 Å². The van der Waals surface area contributed by atoms with Crippen molar-refractivity contribution in [1.29, 1.82) is 0 Å². The highest BCUT2D eigenvalue weighted by Crippen LogP contribution is 2.33. The Labute approximate surface area is 110 Å². The molecule has 0 amide bonds. The predicted octanol–water partition coefficient (Wildman–Crippen LogP) is 2.31. The van der Waals surface area contributed by atoms with E-state index in [1.807, 2.05) is 37.3 Å². The largest absolute Gasteiger partial charge is 0.477 e. The van der Waals surface area contributed by atoms with Crippen LogP contribution in [0.25, 0.3) is 0 Å². The summed E-state index contributed by atoms with van der Waals surface area (Å²) in [6.07, 6.45) is 0.624. The van der Waals surface area contributed by atoms with Crippen molar-refractivity contribution in [2.75, 3.05) is 5.32 Å². The summed E-state index contributed by atoms with van der Waals surface area (Å²) in [5.74, 6) is -0.294. The van der Waals surface area contributed by atoms with Crippen molar-refractivity contribution in [2.45, 2.75) is 25.9 Å². The third-order valence-corrected chi connectivity index (χ3v) is 3.44. The summed E-state index contributed by atoms with van der Waals surface area (Å²) in [6, 6.07) is 10.1. The smallest absolute Gasteiger partial charge is 0.341 e. The maximum Gasteiger partial charge on any atom is 0.341 e. The van der Waals surface area contributed by atoms with Gasteiger partial charge in [-0.15, -0.1) is 0 Å². The Morgan fingerprint density at radius 1 is 1.47 bits per heavy atom. The molecule has 0 fully saturated rings. The van der Waals surface area contributed by atoms with Gasteiger partial charge in [-0.3, -0.25) is 0 Å². The summed E-state index contributed by atoms with van der Waals surface area (Å²) in [5.41, 5.74) is 2.09. The Kier molecular flexibility index (Phi) is 2.74. The Hall–Kier alpha value is -2.30. The first-order valence-corrected chi connectivity index (χ1v) is 6.35. The van der Waals surface area contributed by atoms with Crippen molar-refractivity contribution in [1.82, 2.24) is 9.78 Å². The molecule has 19 heavy (non-hydrogen) atoms. The molecule has 0 saturated carbocycles. The van der Waals surface area contributed by atoms with Gasteiger partial charge in [0.15, 0.2) is 0 Å². The second-order valence-corrected chi connectivity index (χ2v) is 4.62. The second kappa shape index (κ2) is 4.42. The minimum atomic E-state index is -0.917. The van der Waals surface area contributed by atoms with Crippen LogP contribution in [0, 0.1) is 0 Å². The van der Waals surface area contributed by atoms with E-state index in [0.29, 0.717) is 30.0 Å². The van der Waals surface area contributed by atoms with Gasteiger partial charge in [0.05, 0.1) is 18.3 Å². The number of carbonyl (C=O) groups is 1. The molecule has 0 radical (unpaired) electrons. The highest BCUT2D eigenvalue weighted by Gasteiger charge is 2.30. The van der Waals surface area contributed by atoms with Crippen LogP contribution in [0.4, 0.5) is 5.82 Å². The monoisotopic (exact) mass is 257 g/mol. The molecule has 1 aromatic heterocycles. The number of rotatable bonds is 3. The summed E-state index contributed by atoms with van der Waals surface area (Å²) in [5, 5.41) is 17.0. The minimum absolute atomic E-state index is 0.0905. The van der Waals surface area contributed by atoms with Gasteiger partial charge >= 0.3 is 5.97 Å². The number of hydrogen-bond donors (Lipinski definition) is 2. The minimum Gasteiger partial charge on any atom is -0.477 e. The number of carboxylic acids is 1. The lowest BCUT2D eigenvalue weighted by atomic mass is 10.1. The number of anilines is 1. The molecule has 2 heterocycles. The van der Waals surface area contributed by atoms with Crippen LogP contribution >= 0.6 is 0 Å². The first kappa shape index (κ1) is 11.8. The van der Waals surface area contributed by atoms with E-state index in [0.717, 1.165) is 5.56 Å². The van der Waals surface area contributed by atoms with Crippen molar-refractivity contribution in [2.24, 2.45) is 0 Å². The van der Waals surface area contributed by atoms with Gasteiger partial charge in [-0.1, -0.05) is 37.3 Å². The van der Waals surface area contributed by atoms with E-state index in [1.54, 1.807) is 4.68 Å². The summed E-state index contributed by atoms with van der Waals surface area (Å²) >= 11 is 0. The number of nitrogens with zero attached hydrogens (tertiary/aromatic N) is 2. The average Bonchev–Trinajstić information content (AvgIpc) is 2.95. The molecule has 2 aromatic rings. The number of aryl methyl sites for hydroxylation is 1. The standard InChI is InChI=1S/C14H15N3O2/c1-2-10-12(14(18)19)13-15-11(8-17(13)16-10)9-6-4-3-5-7-9/h3-7,11,15H,2,8H2,1H3,(H,18,19)/t11-/m0/s1. The molecule has 5 heteroatoms. The molecule has 1 aliphatic heterocycles. The van der Waals surface area contributed by atoms with Crippen LogP contribution in [0.1, 0.15) is 34.6 Å². The normalized spacial score (nSPS) is 17.0. The van der Waals surface area contributed by atoms with E-state index in [4.69, 9.17) is 0 Å². The van der Waals surface area contributed by atoms with Crippen LogP contribution in [0.15, 0.2) is 30.3 Å². The van der Waals surface area contributed by atoms with Gasteiger partial charge in [-0.2, -0.15) is 5.10 Å². The zero-order valence-electron chi connectivity index (χ0n) is 10.6. The van der Waals surface area contributed by atoms with Crippen LogP contribution in [0.5, 0.6) is 0 Å². The second-order valence-electron chi connectivity index (χ2n) is 4.62. The lowest BCUT2D eigenvalue weighted by molar-refractivity contribution is 0.0697. The van der Waals surface area contributed by atoms with Crippen LogP contribution in [-0.4, -0.2) is 20.9 Å². The number of carboxylic acid groups (broad SMARTS) is 1. The fourth-order valence-corrected chi connectivity index (χ4v) is 2.52. The maximum atomic E-state index is 11.4. The van der Waals surface area contributed by atoms with Crippen LogP contribution in [0.2, 0.25) is 0 Å². The SMILES string of the molecule is CCc1nn2c(c1C(=O)O)N[C@H](c1ccccc1)C2. The molecule has 0 saturated heterocycles. The Morgan fingerprint density at radius 3 is 2.84 bits per heavy atom.